The zero-order valence-electron chi connectivity index (χ0n) is 13.8. The van der Waals surface area contributed by atoms with Crippen molar-refractivity contribution in [1.82, 2.24) is 5.32 Å². The lowest BCUT2D eigenvalue weighted by atomic mass is 9.92. The van der Waals surface area contributed by atoms with E-state index in [4.69, 9.17) is 15.9 Å². The van der Waals surface area contributed by atoms with Crippen LogP contribution in [0.15, 0.2) is 0 Å². The number of carbonyl (C=O) groups is 2. The molecule has 23 heavy (non-hydrogen) atoms. The van der Waals surface area contributed by atoms with Crippen LogP contribution in [0, 0.1) is 18.3 Å². The van der Waals surface area contributed by atoms with Crippen molar-refractivity contribution < 1.29 is 24.2 Å². The van der Waals surface area contributed by atoms with Gasteiger partial charge in [0.25, 0.3) is 0 Å². The maximum Gasteiger partial charge on any atom is 0.408 e. The molecule has 1 heterocycles. The molecule has 0 aromatic heterocycles. The molecule has 0 aromatic rings. The highest BCUT2D eigenvalue weighted by Crippen LogP contribution is 2.19. The van der Waals surface area contributed by atoms with Crippen molar-refractivity contribution in [2.24, 2.45) is 5.92 Å². The summed E-state index contributed by atoms with van der Waals surface area (Å²) in [6, 6.07) is -0.922. The highest BCUT2D eigenvalue weighted by molar-refractivity contribution is 5.80. The summed E-state index contributed by atoms with van der Waals surface area (Å²) in [5, 5.41) is 11.8. The number of hydrogen-bond acceptors (Lipinski definition) is 4. The first-order chi connectivity index (χ1) is 11.0. The first-order valence-corrected chi connectivity index (χ1v) is 8.25. The van der Waals surface area contributed by atoms with Crippen molar-refractivity contribution in [3.8, 4) is 12.3 Å². The maximum absolute atomic E-state index is 11.9. The average Bonchev–Trinajstić information content (AvgIpc) is 2.53. The minimum absolute atomic E-state index is 0.118. The number of amides is 1. The highest BCUT2D eigenvalue weighted by atomic mass is 16.6. The summed E-state index contributed by atoms with van der Waals surface area (Å²) in [4.78, 5) is 23.3. The zero-order chi connectivity index (χ0) is 17.1. The Balaban J connectivity index is 2.31. The Morgan fingerprint density at radius 3 is 2.65 bits per heavy atom. The van der Waals surface area contributed by atoms with Crippen LogP contribution < -0.4 is 5.32 Å². The smallest absolute Gasteiger partial charge is 0.408 e. The summed E-state index contributed by atoms with van der Waals surface area (Å²) >= 11 is 0. The monoisotopic (exact) mass is 325 g/mol. The lowest BCUT2D eigenvalue weighted by Gasteiger charge is -2.28. The summed E-state index contributed by atoms with van der Waals surface area (Å²) in [6.45, 7) is 2.86. The zero-order valence-corrected chi connectivity index (χ0v) is 13.8. The molecule has 1 amide bonds. The normalized spacial score (nSPS) is 17.7. The van der Waals surface area contributed by atoms with E-state index in [0.29, 0.717) is 26.1 Å². The fourth-order valence-corrected chi connectivity index (χ4v) is 2.67. The van der Waals surface area contributed by atoms with Crippen LogP contribution in [-0.2, 0) is 14.3 Å². The minimum Gasteiger partial charge on any atom is -0.480 e. The number of ether oxygens (including phenoxy) is 2. The number of unbranched alkanes of at least 4 members (excludes halogenated alkanes) is 3. The van der Waals surface area contributed by atoms with Gasteiger partial charge in [0.2, 0.25) is 0 Å². The number of rotatable bonds is 9. The Morgan fingerprint density at radius 1 is 1.35 bits per heavy atom. The van der Waals surface area contributed by atoms with Crippen LogP contribution in [0.25, 0.3) is 0 Å². The van der Waals surface area contributed by atoms with Crippen LogP contribution in [0.1, 0.15) is 51.9 Å². The predicted octanol–water partition coefficient (Wildman–Crippen LogP) is 2.56. The minimum atomic E-state index is -1.03. The van der Waals surface area contributed by atoms with E-state index < -0.39 is 18.1 Å². The Hall–Kier alpha value is -1.74. The summed E-state index contributed by atoms with van der Waals surface area (Å²) in [7, 11) is 0. The van der Waals surface area contributed by atoms with Crippen molar-refractivity contribution >= 4 is 12.1 Å². The van der Waals surface area contributed by atoms with Crippen LogP contribution >= 0.6 is 0 Å². The van der Waals surface area contributed by atoms with Crippen molar-refractivity contribution in [3.63, 3.8) is 0 Å². The van der Waals surface area contributed by atoms with Gasteiger partial charge in [0, 0.05) is 19.6 Å². The molecule has 1 fully saturated rings. The van der Waals surface area contributed by atoms with E-state index in [0.717, 1.165) is 32.1 Å². The van der Waals surface area contributed by atoms with Gasteiger partial charge >= 0.3 is 12.1 Å². The van der Waals surface area contributed by atoms with E-state index in [-0.39, 0.29) is 12.0 Å². The molecule has 2 N–H and O–H groups in total. The molecule has 0 bridgehead atoms. The van der Waals surface area contributed by atoms with E-state index in [1.807, 2.05) is 6.92 Å². The molecule has 1 rings (SSSR count). The van der Waals surface area contributed by atoms with E-state index in [9.17, 15) is 14.7 Å². The molecule has 0 spiro atoms. The Labute approximate surface area is 137 Å². The Bertz CT molecular complexity index is 412. The second-order valence-corrected chi connectivity index (χ2v) is 5.93. The molecule has 0 radical (unpaired) electrons. The highest BCUT2D eigenvalue weighted by Gasteiger charge is 2.31. The second-order valence-electron chi connectivity index (χ2n) is 5.93. The topological polar surface area (TPSA) is 84.9 Å². The van der Waals surface area contributed by atoms with Crippen molar-refractivity contribution in [3.05, 3.63) is 0 Å². The standard InChI is InChI=1S/C17H27NO5/c1-3-4-5-6-7-8-13(2)23-17(21)18-15(16(19)20)14-9-11-22-12-10-14/h1,13-15H,4-12H2,2H3,(H,18,21)(H,19,20)/t13-,15-/m0/s1. The molecule has 2 atom stereocenters. The van der Waals surface area contributed by atoms with Gasteiger partial charge in [-0.3, -0.25) is 0 Å². The number of hydrogen-bond donors (Lipinski definition) is 2. The summed E-state index contributed by atoms with van der Waals surface area (Å²) in [6.07, 6.45) is 9.94. The van der Waals surface area contributed by atoms with Crippen LogP contribution in [-0.4, -0.2) is 42.5 Å². The number of carboxylic acids is 1. The van der Waals surface area contributed by atoms with Gasteiger partial charge in [-0.05, 0) is 44.9 Å². The molecule has 0 aliphatic carbocycles. The molecular weight excluding hydrogens is 298 g/mol. The number of alkyl carbamates (subject to hydrolysis) is 1. The molecule has 6 heteroatoms. The third-order valence-corrected chi connectivity index (χ3v) is 4.02. The van der Waals surface area contributed by atoms with Gasteiger partial charge in [0.15, 0.2) is 0 Å². The summed E-state index contributed by atoms with van der Waals surface area (Å²) in [5.74, 6) is 1.44. The number of carbonyl (C=O) groups excluding carboxylic acids is 1. The van der Waals surface area contributed by atoms with Crippen LogP contribution in [0.5, 0.6) is 0 Å². The van der Waals surface area contributed by atoms with Gasteiger partial charge in [0.1, 0.15) is 12.1 Å². The van der Waals surface area contributed by atoms with E-state index in [1.165, 1.54) is 0 Å². The molecule has 1 aliphatic rings. The fourth-order valence-electron chi connectivity index (χ4n) is 2.67. The quantitative estimate of drug-likeness (QED) is 0.503. The number of nitrogens with one attached hydrogen (secondary N) is 1. The first-order valence-electron chi connectivity index (χ1n) is 8.25. The molecule has 0 aromatic carbocycles. The molecule has 1 aliphatic heterocycles. The predicted molar refractivity (Wildman–Crippen MR) is 86.0 cm³/mol. The number of terminal acetylenes is 1. The maximum atomic E-state index is 11.9. The van der Waals surface area contributed by atoms with E-state index in [1.54, 1.807) is 0 Å². The third kappa shape index (κ3) is 7.89. The molecular formula is C17H27NO5. The molecule has 0 unspecified atom stereocenters. The van der Waals surface area contributed by atoms with Crippen LogP contribution in [0.3, 0.4) is 0 Å². The summed E-state index contributed by atoms with van der Waals surface area (Å²) in [5.41, 5.74) is 0. The van der Waals surface area contributed by atoms with Gasteiger partial charge in [0.05, 0.1) is 0 Å². The summed E-state index contributed by atoms with van der Waals surface area (Å²) < 4.78 is 10.5. The average molecular weight is 325 g/mol. The second kappa shape index (κ2) is 10.9. The molecule has 1 saturated heterocycles. The third-order valence-electron chi connectivity index (χ3n) is 4.02. The Morgan fingerprint density at radius 2 is 2.04 bits per heavy atom. The number of carboxylic acid groups (broad SMARTS) is 1. The van der Waals surface area contributed by atoms with Gasteiger partial charge in [-0.25, -0.2) is 9.59 Å². The van der Waals surface area contributed by atoms with Crippen LogP contribution in [0.4, 0.5) is 4.79 Å². The van der Waals surface area contributed by atoms with Gasteiger partial charge < -0.3 is 19.9 Å². The largest absolute Gasteiger partial charge is 0.480 e. The fraction of sp³-hybridized carbons (Fsp3) is 0.765. The Kier molecular flexibility index (Phi) is 9.15. The SMILES string of the molecule is C#CCCCCC[C@H](C)OC(=O)N[C@H](C(=O)O)C1CCOCC1. The van der Waals surface area contributed by atoms with Crippen molar-refractivity contribution in [2.75, 3.05) is 13.2 Å². The van der Waals surface area contributed by atoms with Crippen molar-refractivity contribution in [2.45, 2.75) is 64.0 Å². The first kappa shape index (κ1) is 19.3. The lowest BCUT2D eigenvalue weighted by Crippen LogP contribution is -2.48. The number of aliphatic carboxylic acids is 1. The lowest BCUT2D eigenvalue weighted by molar-refractivity contribution is -0.141. The molecule has 0 saturated carbocycles. The molecule has 130 valence electrons. The van der Waals surface area contributed by atoms with Crippen molar-refractivity contribution in [1.29, 1.82) is 0 Å². The van der Waals surface area contributed by atoms with E-state index in [2.05, 4.69) is 11.2 Å². The van der Waals surface area contributed by atoms with Gasteiger partial charge in [-0.2, -0.15) is 0 Å². The van der Waals surface area contributed by atoms with Gasteiger partial charge in [-0.15, -0.1) is 12.3 Å². The van der Waals surface area contributed by atoms with Gasteiger partial charge in [-0.1, -0.05) is 6.42 Å². The van der Waals surface area contributed by atoms with E-state index >= 15 is 0 Å². The molecule has 6 nitrogen and oxygen atoms in total. The van der Waals surface area contributed by atoms with Crippen LogP contribution in [0.2, 0.25) is 0 Å².